The summed E-state index contributed by atoms with van der Waals surface area (Å²) in [6, 6.07) is 0. The maximum absolute atomic E-state index is 10.3. The molecule has 0 rings (SSSR count). The first-order valence-corrected chi connectivity index (χ1v) is 18.1. The summed E-state index contributed by atoms with van der Waals surface area (Å²) in [7, 11) is 0. The Morgan fingerprint density at radius 3 is 0.386 bits per heavy atom. The average Bonchev–Trinajstić information content (AvgIpc) is 2.96. The van der Waals surface area contributed by atoms with E-state index >= 15 is 0 Å². The van der Waals surface area contributed by atoms with Gasteiger partial charge < -0.3 is 20.4 Å². The lowest BCUT2D eigenvalue weighted by atomic mass is 10.0. The molecule has 0 radical (unpaired) electrons. The number of unbranched alkanes of at least 4 members (excludes halogenated alkanes) is 26. The molecule has 0 fully saturated rings. The van der Waals surface area contributed by atoms with Gasteiger partial charge in [-0.1, -0.05) is 154 Å². The Labute approximate surface area is 268 Å². The second kappa shape index (κ2) is 37.1. The van der Waals surface area contributed by atoms with Crippen molar-refractivity contribution >= 4 is 23.9 Å². The van der Waals surface area contributed by atoms with Crippen LogP contribution in [-0.4, -0.2) is 44.3 Å². The maximum Gasteiger partial charge on any atom is 0.303 e. The minimum absolute atomic E-state index is 0.316. The molecule has 0 aromatic heterocycles. The second-order valence-electron chi connectivity index (χ2n) is 12.5. The van der Waals surface area contributed by atoms with Crippen LogP contribution >= 0.6 is 0 Å². The van der Waals surface area contributed by atoms with Crippen LogP contribution < -0.4 is 0 Å². The Hall–Kier alpha value is -2.12. The molecule has 8 heteroatoms. The summed E-state index contributed by atoms with van der Waals surface area (Å²) in [4.78, 5) is 41.3. The topological polar surface area (TPSA) is 149 Å². The molecule has 8 nitrogen and oxygen atoms in total. The summed E-state index contributed by atoms with van der Waals surface area (Å²) in [5.41, 5.74) is 0. The fourth-order valence-corrected chi connectivity index (χ4v) is 5.35. The molecule has 44 heavy (non-hydrogen) atoms. The van der Waals surface area contributed by atoms with Gasteiger partial charge >= 0.3 is 23.9 Å². The van der Waals surface area contributed by atoms with Gasteiger partial charge in [-0.15, -0.1) is 0 Å². The van der Waals surface area contributed by atoms with E-state index in [0.29, 0.717) is 25.7 Å². The zero-order valence-electron chi connectivity index (χ0n) is 28.0. The summed E-state index contributed by atoms with van der Waals surface area (Å²) in [6.07, 6.45) is 34.0. The SMILES string of the molecule is O=C(O)CCCCCCCCCCCCCCCCC(=O)O.O=C(O)CCCCCCCCCCCCCCCCC(=O)O. The molecule has 0 spiro atoms. The van der Waals surface area contributed by atoms with E-state index in [1.165, 1.54) is 128 Å². The van der Waals surface area contributed by atoms with Crippen molar-refractivity contribution in [3.63, 3.8) is 0 Å². The molecule has 0 aromatic carbocycles. The number of carboxylic acid groups (broad SMARTS) is 4. The minimum Gasteiger partial charge on any atom is -0.481 e. The number of hydrogen-bond donors (Lipinski definition) is 4. The summed E-state index contributed by atoms with van der Waals surface area (Å²) >= 11 is 0. The van der Waals surface area contributed by atoms with Crippen LogP contribution in [0.5, 0.6) is 0 Å². The third-order valence-electron chi connectivity index (χ3n) is 8.06. The molecule has 0 bridgehead atoms. The zero-order valence-corrected chi connectivity index (χ0v) is 28.0. The van der Waals surface area contributed by atoms with Gasteiger partial charge in [0.2, 0.25) is 0 Å². The van der Waals surface area contributed by atoms with Crippen LogP contribution in [-0.2, 0) is 19.2 Å². The number of hydrogen-bond acceptors (Lipinski definition) is 4. The summed E-state index contributed by atoms with van der Waals surface area (Å²) in [5.74, 6) is -2.72. The normalized spacial score (nSPS) is 10.7. The first-order chi connectivity index (χ1) is 21.3. The van der Waals surface area contributed by atoms with Crippen LogP contribution in [0, 0.1) is 0 Å². The highest BCUT2D eigenvalue weighted by Crippen LogP contribution is 2.15. The first kappa shape index (κ1) is 44.0. The molecule has 0 heterocycles. The van der Waals surface area contributed by atoms with Crippen LogP contribution in [0.4, 0.5) is 0 Å². The largest absolute Gasteiger partial charge is 0.481 e. The van der Waals surface area contributed by atoms with Gasteiger partial charge in [0.05, 0.1) is 0 Å². The van der Waals surface area contributed by atoms with Crippen molar-refractivity contribution in [2.24, 2.45) is 0 Å². The Bertz CT molecular complexity index is 553. The van der Waals surface area contributed by atoms with Gasteiger partial charge in [-0.25, -0.2) is 0 Å². The van der Waals surface area contributed by atoms with Gasteiger partial charge in [-0.2, -0.15) is 0 Å². The summed E-state index contributed by atoms with van der Waals surface area (Å²) in [5, 5.41) is 34.1. The smallest absolute Gasteiger partial charge is 0.303 e. The van der Waals surface area contributed by atoms with Crippen LogP contribution in [0.15, 0.2) is 0 Å². The van der Waals surface area contributed by atoms with E-state index in [1.807, 2.05) is 0 Å². The molecule has 4 N–H and O–H groups in total. The van der Waals surface area contributed by atoms with Crippen molar-refractivity contribution in [3.05, 3.63) is 0 Å². The number of rotatable bonds is 34. The van der Waals surface area contributed by atoms with Crippen LogP contribution in [0.25, 0.3) is 0 Å². The predicted molar refractivity (Wildman–Crippen MR) is 178 cm³/mol. The van der Waals surface area contributed by atoms with Gasteiger partial charge in [0.15, 0.2) is 0 Å². The highest BCUT2D eigenvalue weighted by Gasteiger charge is 2.00. The third-order valence-corrected chi connectivity index (χ3v) is 8.06. The van der Waals surface area contributed by atoms with Gasteiger partial charge in [0.1, 0.15) is 0 Å². The number of carbonyl (C=O) groups is 4. The summed E-state index contributed by atoms with van der Waals surface area (Å²) in [6.45, 7) is 0. The molecule has 0 aliphatic heterocycles. The van der Waals surface area contributed by atoms with Crippen LogP contribution in [0.2, 0.25) is 0 Å². The van der Waals surface area contributed by atoms with Crippen molar-refractivity contribution in [2.75, 3.05) is 0 Å². The van der Waals surface area contributed by atoms with Crippen molar-refractivity contribution in [3.8, 4) is 0 Å². The van der Waals surface area contributed by atoms with Crippen molar-refractivity contribution < 1.29 is 39.6 Å². The average molecular weight is 629 g/mol. The monoisotopic (exact) mass is 628 g/mol. The van der Waals surface area contributed by atoms with E-state index in [0.717, 1.165) is 51.4 Å². The fourth-order valence-electron chi connectivity index (χ4n) is 5.35. The summed E-state index contributed by atoms with van der Waals surface area (Å²) < 4.78 is 0. The molecule has 0 saturated carbocycles. The molecule has 0 aliphatic rings. The van der Waals surface area contributed by atoms with Gasteiger partial charge in [-0.05, 0) is 25.7 Å². The van der Waals surface area contributed by atoms with Crippen LogP contribution in [0.3, 0.4) is 0 Å². The molecule has 0 aliphatic carbocycles. The lowest BCUT2D eigenvalue weighted by Crippen LogP contribution is -1.93. The minimum atomic E-state index is -0.679. The van der Waals surface area contributed by atoms with Crippen molar-refractivity contribution in [1.82, 2.24) is 0 Å². The molecular formula is C36H68O8. The van der Waals surface area contributed by atoms with Gasteiger partial charge in [-0.3, -0.25) is 19.2 Å². The molecule has 0 amide bonds. The first-order valence-electron chi connectivity index (χ1n) is 18.1. The molecule has 0 aromatic rings. The van der Waals surface area contributed by atoms with Crippen molar-refractivity contribution in [1.29, 1.82) is 0 Å². The standard InChI is InChI=1S/2C18H34O4/c2*19-17(20)15-13-11-9-7-5-3-1-2-4-6-8-10-12-14-16-18(21)22/h2*1-16H2,(H,19,20)(H,21,22). The molecule has 0 atom stereocenters. The van der Waals surface area contributed by atoms with E-state index in [4.69, 9.17) is 20.4 Å². The highest BCUT2D eigenvalue weighted by molar-refractivity contribution is 5.67. The Morgan fingerprint density at radius 2 is 0.295 bits per heavy atom. The molecular weight excluding hydrogens is 560 g/mol. The van der Waals surface area contributed by atoms with Crippen LogP contribution in [0.1, 0.15) is 205 Å². The Kier molecular flexibility index (Phi) is 37.1. The van der Waals surface area contributed by atoms with E-state index in [2.05, 4.69) is 0 Å². The highest BCUT2D eigenvalue weighted by atomic mass is 16.4. The number of aliphatic carboxylic acids is 4. The number of carboxylic acids is 4. The molecule has 260 valence electrons. The predicted octanol–water partition coefficient (Wildman–Crippen LogP) is 10.8. The Balaban J connectivity index is 0. The quantitative estimate of drug-likeness (QED) is 0.0514. The van der Waals surface area contributed by atoms with E-state index in [1.54, 1.807) is 0 Å². The molecule has 0 saturated heterocycles. The van der Waals surface area contributed by atoms with Crippen molar-refractivity contribution in [2.45, 2.75) is 205 Å². The fraction of sp³-hybridized carbons (Fsp3) is 0.889. The Morgan fingerprint density at radius 1 is 0.205 bits per heavy atom. The maximum atomic E-state index is 10.3. The van der Waals surface area contributed by atoms with E-state index in [-0.39, 0.29) is 0 Å². The van der Waals surface area contributed by atoms with Gasteiger partial charge in [0, 0.05) is 25.7 Å². The van der Waals surface area contributed by atoms with E-state index < -0.39 is 23.9 Å². The lowest BCUT2D eigenvalue weighted by Gasteiger charge is -2.03. The second-order valence-corrected chi connectivity index (χ2v) is 12.5. The lowest BCUT2D eigenvalue weighted by molar-refractivity contribution is -0.138. The van der Waals surface area contributed by atoms with E-state index in [9.17, 15) is 19.2 Å². The molecule has 0 unspecified atom stereocenters. The zero-order chi connectivity index (χ0) is 32.9. The third kappa shape index (κ3) is 46.8. The van der Waals surface area contributed by atoms with Gasteiger partial charge in [0.25, 0.3) is 0 Å².